The molecular formula is C29H28ClNO7. The third kappa shape index (κ3) is 5.60. The van der Waals surface area contributed by atoms with E-state index < -0.39 is 10.2 Å². The van der Waals surface area contributed by atoms with E-state index in [2.05, 4.69) is 80.1 Å². The molecule has 0 unspecified atom stereocenters. The summed E-state index contributed by atoms with van der Waals surface area (Å²) in [6.45, 7) is 4.56. The third-order valence-electron chi connectivity index (χ3n) is 6.64. The van der Waals surface area contributed by atoms with Crippen LogP contribution in [0.5, 0.6) is 23.0 Å². The Morgan fingerprint density at radius 2 is 1.37 bits per heavy atom. The maximum atomic E-state index is 8.49. The van der Waals surface area contributed by atoms with Gasteiger partial charge in [0.1, 0.15) is 30.0 Å². The Hall–Kier alpha value is -3.66. The van der Waals surface area contributed by atoms with Crippen molar-refractivity contribution in [3.05, 3.63) is 95.6 Å². The van der Waals surface area contributed by atoms with E-state index in [1.807, 2.05) is 24.3 Å². The molecule has 0 saturated carbocycles. The Morgan fingerprint density at radius 1 is 0.842 bits per heavy atom. The van der Waals surface area contributed by atoms with Gasteiger partial charge in [0.05, 0.1) is 19.6 Å². The van der Waals surface area contributed by atoms with Gasteiger partial charge in [-0.2, -0.15) is 4.58 Å². The molecule has 0 spiro atoms. The Kier molecular flexibility index (Phi) is 7.64. The Morgan fingerprint density at radius 3 is 1.87 bits per heavy atom. The second-order valence-corrected chi connectivity index (χ2v) is 9.99. The Labute approximate surface area is 223 Å². The molecule has 9 heteroatoms. The van der Waals surface area contributed by atoms with Crippen molar-refractivity contribution in [2.75, 3.05) is 21.3 Å². The van der Waals surface area contributed by atoms with Crippen molar-refractivity contribution in [1.82, 2.24) is 0 Å². The predicted octanol–water partition coefficient (Wildman–Crippen LogP) is 1.75. The lowest BCUT2D eigenvalue weighted by Crippen LogP contribution is -2.68. The monoisotopic (exact) mass is 537 g/mol. The number of nitrogens with zero attached hydrogens (tertiary/aromatic N) is 1. The quantitative estimate of drug-likeness (QED) is 0.363. The first-order chi connectivity index (χ1) is 17.9. The van der Waals surface area contributed by atoms with Gasteiger partial charge in [0.25, 0.3) is 0 Å². The second-order valence-electron chi connectivity index (χ2n) is 9.23. The van der Waals surface area contributed by atoms with Gasteiger partial charge in [-0.1, -0.05) is 30.4 Å². The summed E-state index contributed by atoms with van der Waals surface area (Å²) in [5, 5.41) is 0. The summed E-state index contributed by atoms with van der Waals surface area (Å²) in [5.74, 6) is 3.07. The molecule has 2 aliphatic heterocycles. The van der Waals surface area contributed by atoms with E-state index in [-0.39, 0.29) is 5.41 Å². The molecule has 0 aromatic heterocycles. The Balaban J connectivity index is 0.000000617. The van der Waals surface area contributed by atoms with Crippen molar-refractivity contribution in [1.29, 1.82) is 0 Å². The maximum Gasteiger partial charge on any atom is 0.209 e. The number of hydrogen-bond acceptors (Lipinski definition) is 7. The molecule has 198 valence electrons. The van der Waals surface area contributed by atoms with Crippen LogP contribution in [-0.2, 0) is 5.41 Å². The van der Waals surface area contributed by atoms with Crippen LogP contribution in [-0.4, -0.2) is 31.6 Å². The smallest absolute Gasteiger partial charge is 0.209 e. The number of ether oxygens (including phenoxy) is 3. The predicted molar refractivity (Wildman–Crippen MR) is 133 cm³/mol. The van der Waals surface area contributed by atoms with E-state index >= 15 is 0 Å². The highest BCUT2D eigenvalue weighted by Gasteiger charge is 2.42. The van der Waals surface area contributed by atoms with Gasteiger partial charge >= 0.3 is 0 Å². The first-order valence-electron chi connectivity index (χ1n) is 11.7. The largest absolute Gasteiger partial charge is 0.497 e. The van der Waals surface area contributed by atoms with Gasteiger partial charge in [0.2, 0.25) is 5.69 Å². The molecule has 8 nitrogen and oxygen atoms in total. The zero-order valence-electron chi connectivity index (χ0n) is 21.7. The summed E-state index contributed by atoms with van der Waals surface area (Å²) < 4.78 is 53.3. The molecule has 3 aromatic rings. The van der Waals surface area contributed by atoms with E-state index in [4.69, 9.17) is 32.8 Å². The zero-order valence-corrected chi connectivity index (χ0v) is 22.4. The lowest BCUT2D eigenvalue weighted by Gasteiger charge is -2.23. The lowest BCUT2D eigenvalue weighted by atomic mass is 9.81. The molecule has 0 radical (unpaired) electrons. The lowest BCUT2D eigenvalue weighted by molar-refractivity contribution is -2.00. The number of halogens is 1. The van der Waals surface area contributed by atoms with Gasteiger partial charge in [0, 0.05) is 41.0 Å². The summed E-state index contributed by atoms with van der Waals surface area (Å²) in [4.78, 5) is 0. The summed E-state index contributed by atoms with van der Waals surface area (Å²) in [5.41, 5.74) is 6.97. The molecule has 0 aliphatic carbocycles. The Bertz CT molecular complexity index is 1390. The topological polar surface area (TPSA) is 123 Å². The highest BCUT2D eigenvalue weighted by Crippen LogP contribution is 2.46. The minimum atomic E-state index is -4.94. The van der Waals surface area contributed by atoms with Crippen LogP contribution in [0.4, 0.5) is 5.69 Å². The van der Waals surface area contributed by atoms with Crippen LogP contribution in [0, 0.1) is 10.2 Å². The number of fused-ring (bicyclic) bond motifs is 3. The molecule has 0 saturated heterocycles. The van der Waals surface area contributed by atoms with E-state index in [1.54, 1.807) is 14.2 Å². The standard InChI is InChI=1S/C29H28NO3.ClHO4/c1-29(2)24-10-6-7-11-25(24)30(3)28(29)12-8-9-21-22-15-13-19(31-4)17-26(22)33-27-18-20(32-5)14-16-23(21)27;2-1(3,4)5/h6-18H,1-5H3;(H,2,3,4,5)/q+1;/p-1/b12-8+;. The number of methoxy groups -OCH3 is 2. The van der Waals surface area contributed by atoms with Gasteiger partial charge in [0.15, 0.2) is 5.71 Å². The third-order valence-corrected chi connectivity index (χ3v) is 6.64. The van der Waals surface area contributed by atoms with Crippen LogP contribution in [0.25, 0.3) is 5.57 Å². The molecule has 2 aliphatic rings. The zero-order chi connectivity index (χ0) is 27.7. The van der Waals surface area contributed by atoms with Crippen molar-refractivity contribution < 1.29 is 47.7 Å². The van der Waals surface area contributed by atoms with Crippen LogP contribution >= 0.6 is 0 Å². The first kappa shape index (κ1) is 27.4. The van der Waals surface area contributed by atoms with Crippen LogP contribution in [0.1, 0.15) is 30.5 Å². The fourth-order valence-corrected chi connectivity index (χ4v) is 4.85. The van der Waals surface area contributed by atoms with Gasteiger partial charge in [-0.3, -0.25) is 0 Å². The van der Waals surface area contributed by atoms with Gasteiger partial charge < -0.3 is 14.2 Å². The van der Waals surface area contributed by atoms with E-state index in [1.165, 1.54) is 17.0 Å². The molecule has 0 atom stereocenters. The van der Waals surface area contributed by atoms with Crippen LogP contribution in [0.15, 0.2) is 78.9 Å². The normalized spacial score (nSPS) is 15.1. The van der Waals surface area contributed by atoms with Crippen molar-refractivity contribution in [3.8, 4) is 23.0 Å². The molecule has 0 N–H and O–H groups in total. The molecule has 2 heterocycles. The van der Waals surface area contributed by atoms with E-state index in [9.17, 15) is 0 Å². The van der Waals surface area contributed by atoms with E-state index in [0.29, 0.717) is 0 Å². The number of hydrogen-bond donors (Lipinski definition) is 0. The molecule has 5 rings (SSSR count). The van der Waals surface area contributed by atoms with Crippen LogP contribution in [0.3, 0.4) is 0 Å². The van der Waals surface area contributed by atoms with Gasteiger partial charge in [-0.05, 0) is 43.7 Å². The maximum absolute atomic E-state index is 8.49. The van der Waals surface area contributed by atoms with E-state index in [0.717, 1.165) is 39.7 Å². The van der Waals surface area contributed by atoms with Gasteiger partial charge in [-0.15, -0.1) is 10.2 Å². The fourth-order valence-electron chi connectivity index (χ4n) is 4.85. The minimum absolute atomic E-state index is 0.0629. The summed E-state index contributed by atoms with van der Waals surface area (Å²) >= 11 is 0. The van der Waals surface area contributed by atoms with Crippen molar-refractivity contribution >= 4 is 17.0 Å². The summed E-state index contributed by atoms with van der Waals surface area (Å²) in [6, 6.07) is 20.5. The molecular weight excluding hydrogens is 510 g/mol. The number of rotatable bonds is 4. The first-order valence-corrected chi connectivity index (χ1v) is 12.9. The van der Waals surface area contributed by atoms with Gasteiger partial charge in [-0.25, -0.2) is 18.6 Å². The summed E-state index contributed by atoms with van der Waals surface area (Å²) in [6.07, 6.45) is 6.52. The van der Waals surface area contributed by atoms with Crippen LogP contribution < -0.4 is 32.8 Å². The molecule has 3 aromatic carbocycles. The second kappa shape index (κ2) is 10.6. The fraction of sp³-hybridized carbons (Fsp3) is 0.207. The molecule has 38 heavy (non-hydrogen) atoms. The molecule has 0 amide bonds. The van der Waals surface area contributed by atoms with Crippen molar-refractivity contribution in [2.45, 2.75) is 19.3 Å². The highest BCUT2D eigenvalue weighted by atomic mass is 35.7. The minimum Gasteiger partial charge on any atom is -0.497 e. The summed E-state index contributed by atoms with van der Waals surface area (Å²) in [7, 11) is 0.518. The number of allylic oxidation sites excluding steroid dienone is 3. The SMILES string of the molecule is COc1ccc2c(c1)Oc1cc(OC)ccc1C2=C/C=C/C1=[N+](C)c2ccccc2C1(C)C.[O-][Cl+3]([O-])([O-])[O-]. The van der Waals surface area contributed by atoms with Crippen LogP contribution in [0.2, 0.25) is 0 Å². The average Bonchev–Trinajstić information content (AvgIpc) is 3.07. The van der Waals surface area contributed by atoms with Crippen molar-refractivity contribution in [2.24, 2.45) is 0 Å². The highest BCUT2D eigenvalue weighted by molar-refractivity contribution is 6.03. The van der Waals surface area contributed by atoms with Crippen molar-refractivity contribution in [3.63, 3.8) is 0 Å². The number of para-hydroxylation sites is 1. The molecule has 0 bridgehead atoms. The number of benzene rings is 3. The average molecular weight is 538 g/mol. The molecule has 0 fully saturated rings.